The first kappa shape index (κ1) is 17.3. The Bertz CT molecular complexity index is 391. The molecule has 1 amide bonds. The van der Waals surface area contributed by atoms with Crippen molar-refractivity contribution in [2.75, 3.05) is 26.2 Å². The molecule has 5 heteroatoms. The second kappa shape index (κ2) is 7.95. The maximum atomic E-state index is 12.7. The molecule has 0 spiro atoms. The van der Waals surface area contributed by atoms with Crippen molar-refractivity contribution in [1.82, 2.24) is 4.90 Å². The summed E-state index contributed by atoms with van der Waals surface area (Å²) < 4.78 is 5.10. The SMILES string of the molecule is CCOC(=O)C1CCCN(C(=O)CC2(CN)CCCCC2)C1. The number of nitrogens with two attached hydrogens (primary N) is 1. The molecule has 1 aliphatic heterocycles. The monoisotopic (exact) mass is 310 g/mol. The molecule has 2 fully saturated rings. The van der Waals surface area contributed by atoms with Crippen LogP contribution in [0.25, 0.3) is 0 Å². The molecule has 2 rings (SSSR count). The van der Waals surface area contributed by atoms with Gasteiger partial charge in [0, 0.05) is 19.5 Å². The third-order valence-electron chi connectivity index (χ3n) is 5.27. The molecule has 1 atom stereocenters. The van der Waals surface area contributed by atoms with Gasteiger partial charge in [0.25, 0.3) is 0 Å². The molecule has 0 aromatic carbocycles. The number of carbonyl (C=O) groups excluding carboxylic acids is 2. The molecule has 5 nitrogen and oxygen atoms in total. The Morgan fingerprint density at radius 3 is 2.59 bits per heavy atom. The molecule has 1 aliphatic carbocycles. The van der Waals surface area contributed by atoms with Gasteiger partial charge in [-0.3, -0.25) is 9.59 Å². The molecule has 22 heavy (non-hydrogen) atoms. The number of piperidine rings is 1. The van der Waals surface area contributed by atoms with Gasteiger partial charge >= 0.3 is 5.97 Å². The third kappa shape index (κ3) is 4.22. The molecule has 0 radical (unpaired) electrons. The van der Waals surface area contributed by atoms with Gasteiger partial charge < -0.3 is 15.4 Å². The predicted octanol–water partition coefficient (Wildman–Crippen LogP) is 2.09. The van der Waals surface area contributed by atoms with E-state index >= 15 is 0 Å². The summed E-state index contributed by atoms with van der Waals surface area (Å²) in [5, 5.41) is 0. The number of likely N-dealkylation sites (tertiary alicyclic amines) is 1. The lowest BCUT2D eigenvalue weighted by Crippen LogP contribution is -2.46. The Kier molecular flexibility index (Phi) is 6.24. The Morgan fingerprint density at radius 2 is 1.95 bits per heavy atom. The highest BCUT2D eigenvalue weighted by Gasteiger charge is 2.36. The Hall–Kier alpha value is -1.10. The molecular weight excluding hydrogens is 280 g/mol. The first-order valence-electron chi connectivity index (χ1n) is 8.75. The smallest absolute Gasteiger partial charge is 0.310 e. The molecule has 0 aromatic rings. The summed E-state index contributed by atoms with van der Waals surface area (Å²) in [5.41, 5.74) is 5.98. The van der Waals surface area contributed by atoms with E-state index in [1.54, 1.807) is 0 Å². The van der Waals surface area contributed by atoms with Crippen LogP contribution in [-0.4, -0.2) is 43.0 Å². The van der Waals surface area contributed by atoms with Gasteiger partial charge in [0.05, 0.1) is 12.5 Å². The summed E-state index contributed by atoms with van der Waals surface area (Å²) in [6.07, 6.45) is 7.97. The van der Waals surface area contributed by atoms with Crippen LogP contribution >= 0.6 is 0 Å². The van der Waals surface area contributed by atoms with Gasteiger partial charge in [-0.25, -0.2) is 0 Å². The van der Waals surface area contributed by atoms with E-state index in [1.807, 2.05) is 11.8 Å². The van der Waals surface area contributed by atoms with E-state index in [1.165, 1.54) is 19.3 Å². The fourth-order valence-corrected chi connectivity index (χ4v) is 3.84. The van der Waals surface area contributed by atoms with Crippen molar-refractivity contribution in [2.45, 2.75) is 58.3 Å². The Balaban J connectivity index is 1.92. The van der Waals surface area contributed by atoms with E-state index in [0.717, 1.165) is 32.2 Å². The van der Waals surface area contributed by atoms with E-state index in [9.17, 15) is 9.59 Å². The van der Waals surface area contributed by atoms with E-state index < -0.39 is 0 Å². The number of carbonyl (C=O) groups is 2. The van der Waals surface area contributed by atoms with Crippen LogP contribution in [0.3, 0.4) is 0 Å². The standard InChI is InChI=1S/C17H30N2O3/c1-2-22-16(21)14-7-6-10-19(12-14)15(20)11-17(13-18)8-4-3-5-9-17/h14H,2-13,18H2,1H3. The number of esters is 1. The van der Waals surface area contributed by atoms with E-state index in [4.69, 9.17) is 10.5 Å². The van der Waals surface area contributed by atoms with E-state index in [0.29, 0.717) is 26.1 Å². The summed E-state index contributed by atoms with van der Waals surface area (Å²) in [6, 6.07) is 0. The van der Waals surface area contributed by atoms with Crippen molar-refractivity contribution >= 4 is 11.9 Å². The summed E-state index contributed by atoms with van der Waals surface area (Å²) in [4.78, 5) is 26.4. The highest BCUT2D eigenvalue weighted by Crippen LogP contribution is 2.39. The summed E-state index contributed by atoms with van der Waals surface area (Å²) in [6.45, 7) is 4.08. The topological polar surface area (TPSA) is 72.6 Å². The molecule has 0 aromatic heterocycles. The largest absolute Gasteiger partial charge is 0.466 e. The van der Waals surface area contributed by atoms with Gasteiger partial charge in [-0.2, -0.15) is 0 Å². The van der Waals surface area contributed by atoms with Gasteiger partial charge in [0.15, 0.2) is 0 Å². The second-order valence-corrected chi connectivity index (χ2v) is 6.87. The zero-order valence-electron chi connectivity index (χ0n) is 13.8. The van der Waals surface area contributed by atoms with Gasteiger partial charge in [-0.05, 0) is 44.6 Å². The van der Waals surface area contributed by atoms with Crippen LogP contribution in [0, 0.1) is 11.3 Å². The first-order chi connectivity index (χ1) is 10.6. The number of rotatable bonds is 5. The maximum absolute atomic E-state index is 12.7. The zero-order valence-corrected chi connectivity index (χ0v) is 13.8. The Labute approximate surface area is 133 Å². The molecule has 1 saturated heterocycles. The third-order valence-corrected chi connectivity index (χ3v) is 5.27. The second-order valence-electron chi connectivity index (χ2n) is 6.87. The van der Waals surface area contributed by atoms with Gasteiger partial charge in [-0.1, -0.05) is 19.3 Å². The van der Waals surface area contributed by atoms with Crippen molar-refractivity contribution in [3.8, 4) is 0 Å². The molecule has 126 valence electrons. The predicted molar refractivity (Wildman–Crippen MR) is 85.1 cm³/mol. The fraction of sp³-hybridized carbons (Fsp3) is 0.882. The van der Waals surface area contributed by atoms with E-state index in [-0.39, 0.29) is 23.2 Å². The van der Waals surface area contributed by atoms with Gasteiger partial charge in [0.1, 0.15) is 0 Å². The normalized spacial score (nSPS) is 24.8. The molecular formula is C17H30N2O3. The lowest BCUT2D eigenvalue weighted by atomic mass is 9.71. The van der Waals surface area contributed by atoms with Crippen LogP contribution in [0.2, 0.25) is 0 Å². The van der Waals surface area contributed by atoms with Crippen molar-refractivity contribution in [3.63, 3.8) is 0 Å². The molecule has 2 N–H and O–H groups in total. The minimum Gasteiger partial charge on any atom is -0.466 e. The quantitative estimate of drug-likeness (QED) is 0.789. The van der Waals surface area contributed by atoms with Crippen LogP contribution in [0.1, 0.15) is 58.3 Å². The van der Waals surface area contributed by atoms with Gasteiger partial charge in [0.2, 0.25) is 5.91 Å². The first-order valence-corrected chi connectivity index (χ1v) is 8.75. The number of ether oxygens (including phenoxy) is 1. The van der Waals surface area contributed by atoms with E-state index in [2.05, 4.69) is 0 Å². The van der Waals surface area contributed by atoms with Crippen LogP contribution in [0.4, 0.5) is 0 Å². The maximum Gasteiger partial charge on any atom is 0.310 e. The zero-order chi connectivity index (χ0) is 16.0. The van der Waals surface area contributed by atoms with Crippen molar-refractivity contribution in [1.29, 1.82) is 0 Å². The molecule has 0 bridgehead atoms. The number of nitrogens with zero attached hydrogens (tertiary/aromatic N) is 1. The van der Waals surface area contributed by atoms with Crippen LogP contribution in [-0.2, 0) is 14.3 Å². The summed E-state index contributed by atoms with van der Waals surface area (Å²) in [7, 11) is 0. The summed E-state index contributed by atoms with van der Waals surface area (Å²) in [5.74, 6) is -0.148. The fourth-order valence-electron chi connectivity index (χ4n) is 3.84. The molecule has 1 saturated carbocycles. The highest BCUT2D eigenvalue weighted by molar-refractivity contribution is 5.79. The average Bonchev–Trinajstić information content (AvgIpc) is 2.56. The number of amides is 1. The minimum absolute atomic E-state index is 0.00773. The highest BCUT2D eigenvalue weighted by atomic mass is 16.5. The van der Waals surface area contributed by atoms with Crippen LogP contribution in [0.5, 0.6) is 0 Å². The van der Waals surface area contributed by atoms with Crippen molar-refractivity contribution in [3.05, 3.63) is 0 Å². The minimum atomic E-state index is -0.161. The van der Waals surface area contributed by atoms with Crippen LogP contribution < -0.4 is 5.73 Å². The molecule has 1 unspecified atom stereocenters. The summed E-state index contributed by atoms with van der Waals surface area (Å²) >= 11 is 0. The molecule has 1 heterocycles. The lowest BCUT2D eigenvalue weighted by molar-refractivity contribution is -0.151. The van der Waals surface area contributed by atoms with Gasteiger partial charge in [-0.15, -0.1) is 0 Å². The number of hydrogen-bond donors (Lipinski definition) is 1. The van der Waals surface area contributed by atoms with Crippen LogP contribution in [0.15, 0.2) is 0 Å². The average molecular weight is 310 g/mol. The number of hydrogen-bond acceptors (Lipinski definition) is 4. The molecule has 2 aliphatic rings. The Morgan fingerprint density at radius 1 is 1.23 bits per heavy atom. The van der Waals surface area contributed by atoms with Crippen molar-refractivity contribution in [2.24, 2.45) is 17.1 Å². The van der Waals surface area contributed by atoms with Crippen molar-refractivity contribution < 1.29 is 14.3 Å². The lowest BCUT2D eigenvalue weighted by Gasteiger charge is -2.39.